The van der Waals surface area contributed by atoms with Gasteiger partial charge in [-0.25, -0.2) is 9.07 Å². The predicted molar refractivity (Wildman–Crippen MR) is 106 cm³/mol. The number of nitrogens with zero attached hydrogens (tertiary/aromatic N) is 4. The maximum absolute atomic E-state index is 12.9. The van der Waals surface area contributed by atoms with Crippen LogP contribution in [0.15, 0.2) is 47.6 Å². The molecule has 0 spiro atoms. The van der Waals surface area contributed by atoms with Gasteiger partial charge in [-0.2, -0.15) is 5.26 Å². The standard InChI is InChI=1S/C18H14ClFN6O2S/c19-15-7-13(4-1-11(15)8-21)23-17(27)10-29-18-25-24-16(26(18)22)9-28-14-5-2-12(20)3-6-14/h1-7H,9-10,22H2,(H,23,27). The van der Waals surface area contributed by atoms with E-state index in [1.807, 2.05) is 6.07 Å². The van der Waals surface area contributed by atoms with Gasteiger partial charge in [0.2, 0.25) is 11.1 Å². The maximum atomic E-state index is 12.9. The molecular formula is C18H14ClFN6O2S. The van der Waals surface area contributed by atoms with Crippen molar-refractivity contribution in [1.82, 2.24) is 14.9 Å². The van der Waals surface area contributed by atoms with Gasteiger partial charge in [0.15, 0.2) is 5.82 Å². The fourth-order valence-electron chi connectivity index (χ4n) is 2.19. The number of benzene rings is 2. The second-order valence-corrected chi connectivity index (χ2v) is 7.00. The molecule has 0 bridgehead atoms. The minimum Gasteiger partial charge on any atom is -0.486 e. The number of nitrogens with one attached hydrogen (secondary N) is 1. The largest absolute Gasteiger partial charge is 0.486 e. The van der Waals surface area contributed by atoms with Crippen molar-refractivity contribution in [2.75, 3.05) is 16.9 Å². The van der Waals surface area contributed by atoms with Crippen LogP contribution in [0.4, 0.5) is 10.1 Å². The highest BCUT2D eigenvalue weighted by atomic mass is 35.5. The summed E-state index contributed by atoms with van der Waals surface area (Å²) in [7, 11) is 0. The van der Waals surface area contributed by atoms with E-state index in [4.69, 9.17) is 27.4 Å². The average Bonchev–Trinajstić information content (AvgIpc) is 3.06. The number of rotatable bonds is 7. The van der Waals surface area contributed by atoms with Crippen LogP contribution in [0.3, 0.4) is 0 Å². The number of aromatic nitrogens is 3. The predicted octanol–water partition coefficient (Wildman–Crippen LogP) is 2.97. The number of hydrogen-bond acceptors (Lipinski definition) is 7. The molecule has 8 nitrogen and oxygen atoms in total. The Balaban J connectivity index is 1.53. The number of carbonyl (C=O) groups excluding carboxylic acids is 1. The maximum Gasteiger partial charge on any atom is 0.234 e. The van der Waals surface area contributed by atoms with E-state index in [9.17, 15) is 9.18 Å². The Bertz CT molecular complexity index is 1070. The van der Waals surface area contributed by atoms with Gasteiger partial charge in [-0.15, -0.1) is 10.2 Å². The van der Waals surface area contributed by atoms with Crippen LogP contribution >= 0.6 is 23.4 Å². The number of ether oxygens (including phenoxy) is 1. The van der Waals surface area contributed by atoms with E-state index in [-0.39, 0.29) is 29.1 Å². The first-order valence-electron chi connectivity index (χ1n) is 8.16. The Kier molecular flexibility index (Phi) is 6.54. The molecule has 0 saturated heterocycles. The molecule has 3 N–H and O–H groups in total. The Morgan fingerprint density at radius 2 is 2.07 bits per heavy atom. The third kappa shape index (κ3) is 5.37. The zero-order valence-electron chi connectivity index (χ0n) is 14.8. The van der Waals surface area contributed by atoms with E-state index in [2.05, 4.69) is 15.5 Å². The van der Waals surface area contributed by atoms with Crippen LogP contribution in [-0.4, -0.2) is 26.5 Å². The van der Waals surface area contributed by atoms with Crippen LogP contribution in [-0.2, 0) is 11.4 Å². The van der Waals surface area contributed by atoms with Crippen molar-refractivity contribution in [3.63, 3.8) is 0 Å². The van der Waals surface area contributed by atoms with E-state index in [1.165, 1.54) is 41.1 Å². The summed E-state index contributed by atoms with van der Waals surface area (Å²) in [5, 5.41) is 20.0. The summed E-state index contributed by atoms with van der Waals surface area (Å²) in [4.78, 5) is 12.1. The molecule has 3 rings (SSSR count). The van der Waals surface area contributed by atoms with Gasteiger partial charge in [-0.3, -0.25) is 4.79 Å². The second kappa shape index (κ2) is 9.27. The number of anilines is 1. The molecule has 0 unspecified atom stereocenters. The molecule has 0 radical (unpaired) electrons. The van der Waals surface area contributed by atoms with Crippen molar-refractivity contribution in [1.29, 1.82) is 5.26 Å². The monoisotopic (exact) mass is 432 g/mol. The minimum atomic E-state index is -0.361. The van der Waals surface area contributed by atoms with Crippen LogP contribution in [0, 0.1) is 17.1 Å². The van der Waals surface area contributed by atoms with E-state index in [0.717, 1.165) is 11.8 Å². The number of hydrogen-bond donors (Lipinski definition) is 2. The van der Waals surface area contributed by atoms with Gasteiger partial charge in [0.05, 0.1) is 16.3 Å². The minimum absolute atomic E-state index is 0.0334. The van der Waals surface area contributed by atoms with Crippen molar-refractivity contribution in [3.8, 4) is 11.8 Å². The van der Waals surface area contributed by atoms with Crippen molar-refractivity contribution < 1.29 is 13.9 Å². The normalized spacial score (nSPS) is 10.4. The summed E-state index contributed by atoms with van der Waals surface area (Å²) in [6.07, 6.45) is 0. The van der Waals surface area contributed by atoms with Crippen LogP contribution < -0.4 is 15.9 Å². The lowest BCUT2D eigenvalue weighted by atomic mass is 10.2. The Labute approximate surface area is 174 Å². The number of carbonyl (C=O) groups is 1. The van der Waals surface area contributed by atoms with Crippen molar-refractivity contribution in [3.05, 3.63) is 64.7 Å². The first-order chi connectivity index (χ1) is 14.0. The van der Waals surface area contributed by atoms with E-state index >= 15 is 0 Å². The molecule has 0 atom stereocenters. The molecule has 3 aromatic rings. The summed E-state index contributed by atoms with van der Waals surface area (Å²) in [6.45, 7) is 0.0334. The summed E-state index contributed by atoms with van der Waals surface area (Å²) in [5.41, 5.74) is 0.799. The first kappa shape index (κ1) is 20.4. The van der Waals surface area contributed by atoms with Crippen molar-refractivity contribution in [2.24, 2.45) is 0 Å². The Morgan fingerprint density at radius 3 is 2.76 bits per heavy atom. The van der Waals surface area contributed by atoms with Crippen LogP contribution in [0.2, 0.25) is 5.02 Å². The highest BCUT2D eigenvalue weighted by Crippen LogP contribution is 2.21. The third-order valence-electron chi connectivity index (χ3n) is 3.62. The van der Waals surface area contributed by atoms with Gasteiger partial charge >= 0.3 is 0 Å². The molecule has 0 saturated carbocycles. The fraction of sp³-hybridized carbons (Fsp3) is 0.111. The quantitative estimate of drug-likeness (QED) is 0.435. The molecular weight excluding hydrogens is 419 g/mol. The van der Waals surface area contributed by atoms with Crippen molar-refractivity contribution >= 4 is 35.0 Å². The molecule has 0 aliphatic carbocycles. The molecule has 29 heavy (non-hydrogen) atoms. The lowest BCUT2D eigenvalue weighted by Crippen LogP contribution is -2.18. The SMILES string of the molecule is N#Cc1ccc(NC(=O)CSc2nnc(COc3ccc(F)cc3)n2N)cc1Cl. The summed E-state index contributed by atoms with van der Waals surface area (Å²) >= 11 is 7.04. The van der Waals surface area contributed by atoms with Gasteiger partial charge in [0.1, 0.15) is 24.2 Å². The van der Waals surface area contributed by atoms with Crippen LogP contribution in [0.5, 0.6) is 5.75 Å². The van der Waals surface area contributed by atoms with Gasteiger partial charge in [-0.05, 0) is 42.5 Å². The van der Waals surface area contributed by atoms with Crippen LogP contribution in [0.25, 0.3) is 0 Å². The molecule has 0 aliphatic rings. The number of halogens is 2. The topological polar surface area (TPSA) is 119 Å². The van der Waals surface area contributed by atoms with E-state index in [0.29, 0.717) is 28.0 Å². The van der Waals surface area contributed by atoms with Gasteiger partial charge in [0, 0.05) is 5.69 Å². The molecule has 148 valence electrons. The number of nitrogens with two attached hydrogens (primary N) is 1. The molecule has 2 aromatic carbocycles. The van der Waals surface area contributed by atoms with E-state index in [1.54, 1.807) is 6.07 Å². The lowest BCUT2D eigenvalue weighted by Gasteiger charge is -2.07. The van der Waals surface area contributed by atoms with Gasteiger partial charge in [0.25, 0.3) is 0 Å². The molecule has 1 amide bonds. The average molecular weight is 433 g/mol. The van der Waals surface area contributed by atoms with Gasteiger partial charge < -0.3 is 15.9 Å². The molecule has 11 heteroatoms. The zero-order chi connectivity index (χ0) is 20.8. The fourth-order valence-corrected chi connectivity index (χ4v) is 3.09. The highest BCUT2D eigenvalue weighted by molar-refractivity contribution is 7.99. The van der Waals surface area contributed by atoms with Gasteiger partial charge in [-0.1, -0.05) is 23.4 Å². The number of thioether (sulfide) groups is 1. The Hall–Kier alpha value is -3.29. The third-order valence-corrected chi connectivity index (χ3v) is 4.88. The summed E-state index contributed by atoms with van der Waals surface area (Å²) in [6, 6.07) is 12.1. The number of nitrogen functional groups attached to an aromatic ring is 1. The number of nitriles is 1. The molecule has 1 aromatic heterocycles. The first-order valence-corrected chi connectivity index (χ1v) is 9.52. The zero-order valence-corrected chi connectivity index (χ0v) is 16.4. The van der Waals surface area contributed by atoms with Crippen molar-refractivity contribution in [2.45, 2.75) is 11.8 Å². The summed E-state index contributed by atoms with van der Waals surface area (Å²) < 4.78 is 19.6. The van der Waals surface area contributed by atoms with Crippen LogP contribution in [0.1, 0.15) is 11.4 Å². The number of amides is 1. The molecule has 0 fully saturated rings. The lowest BCUT2D eigenvalue weighted by molar-refractivity contribution is -0.113. The smallest absolute Gasteiger partial charge is 0.234 e. The molecule has 0 aliphatic heterocycles. The Morgan fingerprint density at radius 1 is 1.31 bits per heavy atom. The second-order valence-electron chi connectivity index (χ2n) is 5.65. The van der Waals surface area contributed by atoms with E-state index < -0.39 is 0 Å². The summed E-state index contributed by atoms with van der Waals surface area (Å²) in [5.74, 6) is 6.11. The highest BCUT2D eigenvalue weighted by Gasteiger charge is 2.13. The molecule has 1 heterocycles.